The van der Waals surface area contributed by atoms with E-state index < -0.39 is 0 Å². The lowest BCUT2D eigenvalue weighted by Gasteiger charge is -2.52. The summed E-state index contributed by atoms with van der Waals surface area (Å²) >= 11 is 4.53. The lowest BCUT2D eigenvalue weighted by Crippen LogP contribution is -2.42. The van der Waals surface area contributed by atoms with Crippen molar-refractivity contribution in [1.82, 2.24) is 0 Å². The fourth-order valence-electron chi connectivity index (χ4n) is 5.28. The Labute approximate surface area is 136 Å². The minimum Gasteiger partial charge on any atom is -0.143 e. The van der Waals surface area contributed by atoms with E-state index in [0.717, 1.165) is 22.6 Å². The highest BCUT2D eigenvalue weighted by Crippen LogP contribution is 2.57. The van der Waals surface area contributed by atoms with Crippen molar-refractivity contribution < 1.29 is 0 Å². The zero-order valence-corrected chi connectivity index (χ0v) is 14.8. The summed E-state index contributed by atoms with van der Waals surface area (Å²) in [6, 6.07) is 6.90. The predicted molar refractivity (Wildman–Crippen MR) is 94.3 cm³/mol. The van der Waals surface area contributed by atoms with Crippen molar-refractivity contribution >= 4 is 12.6 Å². The molecule has 0 aliphatic heterocycles. The average molecular weight is 303 g/mol. The van der Waals surface area contributed by atoms with Crippen LogP contribution in [0, 0.1) is 17.3 Å². The summed E-state index contributed by atoms with van der Waals surface area (Å²) in [5.41, 5.74) is 3.82. The molecule has 0 spiro atoms. The van der Waals surface area contributed by atoms with Gasteiger partial charge in [-0.05, 0) is 78.5 Å². The van der Waals surface area contributed by atoms with Crippen LogP contribution in [-0.2, 0) is 6.42 Å². The predicted octanol–water partition coefficient (Wildman–Crippen LogP) is 6.25. The van der Waals surface area contributed by atoms with Crippen LogP contribution in [0.3, 0.4) is 0 Å². The molecule has 0 heterocycles. The average Bonchev–Trinajstić information content (AvgIpc) is 2.49. The molecular weight excluding hydrogens is 272 g/mol. The fraction of sp³-hybridized carbons (Fsp3) is 0.700. The third kappa shape index (κ3) is 2.67. The van der Waals surface area contributed by atoms with E-state index in [9.17, 15) is 0 Å². The van der Waals surface area contributed by atoms with Gasteiger partial charge in [-0.15, -0.1) is 12.6 Å². The van der Waals surface area contributed by atoms with E-state index in [4.69, 9.17) is 0 Å². The highest BCUT2D eigenvalue weighted by molar-refractivity contribution is 7.80. The Morgan fingerprint density at radius 2 is 2.05 bits per heavy atom. The van der Waals surface area contributed by atoms with Gasteiger partial charge in [-0.25, -0.2) is 0 Å². The van der Waals surface area contributed by atoms with Gasteiger partial charge in [0.2, 0.25) is 0 Å². The summed E-state index contributed by atoms with van der Waals surface area (Å²) < 4.78 is 0. The minimum atomic E-state index is 0.582. The summed E-state index contributed by atoms with van der Waals surface area (Å²) in [5, 5.41) is 0. The fourth-order valence-corrected chi connectivity index (χ4v) is 5.51. The largest absolute Gasteiger partial charge is 0.143 e. The molecule has 0 N–H and O–H groups in total. The zero-order chi connectivity index (χ0) is 15.0. The van der Waals surface area contributed by atoms with Gasteiger partial charge >= 0.3 is 0 Å². The minimum absolute atomic E-state index is 0.582. The number of hydrogen-bond acceptors (Lipinski definition) is 1. The molecule has 1 aromatic carbocycles. The molecule has 0 bridgehead atoms. The number of aryl methyl sites for hydroxylation is 1. The maximum atomic E-state index is 4.53. The number of rotatable bonds is 3. The van der Waals surface area contributed by atoms with Crippen LogP contribution < -0.4 is 0 Å². The Bertz CT molecular complexity index is 507. The van der Waals surface area contributed by atoms with Gasteiger partial charge < -0.3 is 0 Å². The first-order valence-corrected chi connectivity index (χ1v) is 9.35. The summed E-state index contributed by atoms with van der Waals surface area (Å²) in [4.78, 5) is 1.13. The number of fused-ring (bicyclic) bond motifs is 3. The van der Waals surface area contributed by atoms with E-state index in [1.54, 1.807) is 11.1 Å². The smallest absolute Gasteiger partial charge is 0.00429 e. The van der Waals surface area contributed by atoms with Crippen LogP contribution >= 0.6 is 12.6 Å². The van der Waals surface area contributed by atoms with E-state index in [2.05, 4.69) is 51.6 Å². The van der Waals surface area contributed by atoms with Crippen molar-refractivity contribution in [2.45, 2.75) is 76.5 Å². The molecule has 1 saturated carbocycles. The van der Waals surface area contributed by atoms with Gasteiger partial charge in [0.05, 0.1) is 0 Å². The van der Waals surface area contributed by atoms with Gasteiger partial charge in [-0.2, -0.15) is 0 Å². The lowest BCUT2D eigenvalue weighted by atomic mass is 9.53. The van der Waals surface area contributed by atoms with Crippen LogP contribution in [0.4, 0.5) is 0 Å². The van der Waals surface area contributed by atoms with Crippen LogP contribution in [0.15, 0.2) is 23.1 Å². The van der Waals surface area contributed by atoms with E-state index in [0.29, 0.717) is 5.41 Å². The second kappa shape index (κ2) is 5.99. The van der Waals surface area contributed by atoms with Crippen molar-refractivity contribution in [3.05, 3.63) is 29.3 Å². The number of benzene rings is 1. The summed E-state index contributed by atoms with van der Waals surface area (Å²) in [5.74, 6) is 2.66. The molecule has 4 atom stereocenters. The third-order valence-corrected chi connectivity index (χ3v) is 6.91. The molecule has 0 radical (unpaired) electrons. The normalized spacial score (nSPS) is 35.1. The third-order valence-electron chi connectivity index (χ3n) is 6.64. The molecule has 3 rings (SSSR count). The zero-order valence-electron chi connectivity index (χ0n) is 13.9. The van der Waals surface area contributed by atoms with Crippen molar-refractivity contribution in [1.29, 1.82) is 0 Å². The first kappa shape index (κ1) is 15.5. The van der Waals surface area contributed by atoms with Crippen LogP contribution in [-0.4, -0.2) is 0 Å². The maximum Gasteiger partial charge on any atom is 0.00429 e. The molecule has 1 fully saturated rings. The maximum absolute atomic E-state index is 4.53. The van der Waals surface area contributed by atoms with Crippen molar-refractivity contribution in [3.63, 3.8) is 0 Å². The molecular formula is C20H30S. The molecule has 0 aromatic heterocycles. The molecule has 0 saturated heterocycles. The second-order valence-corrected chi connectivity index (χ2v) is 8.15. The number of hydrogen-bond donors (Lipinski definition) is 1. The highest BCUT2D eigenvalue weighted by Gasteiger charge is 2.46. The van der Waals surface area contributed by atoms with Crippen LogP contribution in [0.2, 0.25) is 0 Å². The first-order chi connectivity index (χ1) is 10.1. The SMILES string of the molecule is CCCC1C2CCc3cc(S)ccc3C2CCC1(C)CC. The molecule has 116 valence electrons. The van der Waals surface area contributed by atoms with Crippen LogP contribution in [0.5, 0.6) is 0 Å². The van der Waals surface area contributed by atoms with Gasteiger partial charge in [0.1, 0.15) is 0 Å². The molecule has 2 aliphatic rings. The topological polar surface area (TPSA) is 0 Å². The van der Waals surface area contributed by atoms with E-state index in [1.807, 2.05) is 0 Å². The summed E-state index contributed by atoms with van der Waals surface area (Å²) in [6.45, 7) is 7.34. The monoisotopic (exact) mass is 302 g/mol. The van der Waals surface area contributed by atoms with Crippen molar-refractivity contribution in [2.75, 3.05) is 0 Å². The Morgan fingerprint density at radius 1 is 1.24 bits per heavy atom. The Hall–Kier alpha value is -0.430. The summed E-state index contributed by atoms with van der Waals surface area (Å²) in [7, 11) is 0. The molecule has 4 unspecified atom stereocenters. The first-order valence-electron chi connectivity index (χ1n) is 8.91. The van der Waals surface area contributed by atoms with Gasteiger partial charge in [-0.3, -0.25) is 0 Å². The standard InChI is InChI=1S/C20H30S/c1-4-6-19-18-9-7-14-13-15(21)8-10-16(14)17(18)11-12-20(19,3)5-2/h8,10,13,17-19,21H,4-7,9,11-12H2,1-3H3. The second-order valence-electron chi connectivity index (χ2n) is 7.63. The quantitative estimate of drug-likeness (QED) is 0.627. The van der Waals surface area contributed by atoms with Crippen LogP contribution in [0.1, 0.15) is 76.3 Å². The Morgan fingerprint density at radius 3 is 2.76 bits per heavy atom. The van der Waals surface area contributed by atoms with Crippen molar-refractivity contribution in [2.24, 2.45) is 17.3 Å². The lowest BCUT2D eigenvalue weighted by molar-refractivity contribution is 0.0218. The van der Waals surface area contributed by atoms with E-state index in [1.165, 1.54) is 44.9 Å². The molecule has 0 amide bonds. The molecule has 2 aliphatic carbocycles. The van der Waals surface area contributed by atoms with E-state index in [-0.39, 0.29) is 0 Å². The van der Waals surface area contributed by atoms with Gasteiger partial charge in [-0.1, -0.05) is 39.7 Å². The Balaban J connectivity index is 1.94. The Kier molecular flexibility index (Phi) is 4.41. The van der Waals surface area contributed by atoms with Crippen LogP contribution in [0.25, 0.3) is 0 Å². The van der Waals surface area contributed by atoms with E-state index >= 15 is 0 Å². The van der Waals surface area contributed by atoms with Crippen molar-refractivity contribution in [3.8, 4) is 0 Å². The molecule has 1 aromatic rings. The molecule has 0 nitrogen and oxygen atoms in total. The van der Waals surface area contributed by atoms with Gasteiger partial charge in [0.25, 0.3) is 0 Å². The molecule has 21 heavy (non-hydrogen) atoms. The number of thiol groups is 1. The molecule has 1 heteroatoms. The van der Waals surface area contributed by atoms with Gasteiger partial charge in [0.15, 0.2) is 0 Å². The van der Waals surface area contributed by atoms with Gasteiger partial charge in [0, 0.05) is 4.90 Å². The highest BCUT2D eigenvalue weighted by atomic mass is 32.1. The summed E-state index contributed by atoms with van der Waals surface area (Å²) in [6.07, 6.45) is 9.59.